The van der Waals surface area contributed by atoms with E-state index in [-0.39, 0.29) is 17.7 Å². The van der Waals surface area contributed by atoms with Crippen LogP contribution in [-0.4, -0.2) is 63.8 Å². The third-order valence-electron chi connectivity index (χ3n) is 3.81. The van der Waals surface area contributed by atoms with Crippen LogP contribution in [-0.2, 0) is 6.54 Å². The Kier molecular flexibility index (Phi) is 4.63. The fraction of sp³-hybridized carbons (Fsp3) is 0.786. The summed E-state index contributed by atoms with van der Waals surface area (Å²) in [7, 11) is 3.79. The summed E-state index contributed by atoms with van der Waals surface area (Å²) in [4.78, 5) is 16.0. The lowest BCUT2D eigenvalue weighted by molar-refractivity contribution is -0.0154. The molecule has 1 aliphatic rings. The molecule has 0 unspecified atom stereocenters. The number of nitrogens with zero attached hydrogens (tertiary/aromatic N) is 4. The minimum atomic E-state index is -0.788. The first-order valence-electron chi connectivity index (χ1n) is 7.26. The van der Waals surface area contributed by atoms with Crippen LogP contribution in [0.1, 0.15) is 43.3 Å². The predicted octanol–water partition coefficient (Wildman–Crippen LogP) is 0.754. The molecule has 1 N–H and O–H groups in total. The van der Waals surface area contributed by atoms with Crippen LogP contribution in [0.5, 0.6) is 0 Å². The van der Waals surface area contributed by atoms with Gasteiger partial charge in [-0.25, -0.2) is 0 Å². The lowest BCUT2D eigenvalue weighted by atomic mass is 9.84. The Hall–Kier alpha value is -1.47. The minimum Gasteiger partial charge on any atom is -0.415 e. The third-order valence-corrected chi connectivity index (χ3v) is 3.81. The molecule has 0 aliphatic carbocycles. The number of hydrogen-bond acceptors (Lipinski definition) is 6. The zero-order chi connectivity index (χ0) is 15.6. The van der Waals surface area contributed by atoms with Crippen molar-refractivity contribution >= 4 is 5.91 Å². The smallest absolute Gasteiger partial charge is 0.311 e. The topological polar surface area (TPSA) is 82.7 Å². The third kappa shape index (κ3) is 4.01. The second kappa shape index (κ2) is 6.11. The van der Waals surface area contributed by atoms with Gasteiger partial charge in [-0.2, -0.15) is 0 Å². The maximum absolute atomic E-state index is 12.4. The van der Waals surface area contributed by atoms with Gasteiger partial charge < -0.3 is 19.3 Å². The summed E-state index contributed by atoms with van der Waals surface area (Å²) >= 11 is 0. The van der Waals surface area contributed by atoms with Gasteiger partial charge in [0.25, 0.3) is 0 Å². The maximum atomic E-state index is 12.4. The maximum Gasteiger partial charge on any atom is 0.311 e. The van der Waals surface area contributed by atoms with E-state index in [0.717, 1.165) is 12.8 Å². The molecule has 0 aromatic carbocycles. The predicted molar refractivity (Wildman–Crippen MR) is 76.6 cm³/mol. The van der Waals surface area contributed by atoms with Crippen molar-refractivity contribution in [2.45, 2.75) is 38.8 Å². The standard InChI is InChI=1S/C14H24N4O3/c1-14(2,20)10-6-5-7-18(8-10)13(19)12-16-15-11(21-12)9-17(3)4/h10,20H,5-9H2,1-4H3/t10-/m0/s1. The quantitative estimate of drug-likeness (QED) is 0.883. The molecule has 1 atom stereocenters. The van der Waals surface area contributed by atoms with Gasteiger partial charge in [0.2, 0.25) is 5.89 Å². The van der Waals surface area contributed by atoms with Crippen molar-refractivity contribution < 1.29 is 14.3 Å². The average molecular weight is 296 g/mol. The van der Waals surface area contributed by atoms with Crippen LogP contribution in [0.25, 0.3) is 0 Å². The molecule has 2 heterocycles. The fourth-order valence-corrected chi connectivity index (χ4v) is 2.55. The van der Waals surface area contributed by atoms with Crippen LogP contribution in [0.2, 0.25) is 0 Å². The normalized spacial score (nSPS) is 20.1. The molecule has 2 rings (SSSR count). The van der Waals surface area contributed by atoms with Crippen molar-refractivity contribution in [3.63, 3.8) is 0 Å². The Labute approximate surface area is 124 Å². The zero-order valence-electron chi connectivity index (χ0n) is 13.2. The molecule has 1 aromatic heterocycles. The molecule has 7 nitrogen and oxygen atoms in total. The zero-order valence-corrected chi connectivity index (χ0v) is 13.2. The van der Waals surface area contributed by atoms with Gasteiger partial charge in [-0.3, -0.25) is 4.79 Å². The van der Waals surface area contributed by atoms with E-state index in [4.69, 9.17) is 4.42 Å². The van der Waals surface area contributed by atoms with Crippen LogP contribution in [0, 0.1) is 5.92 Å². The molecular weight excluding hydrogens is 272 g/mol. The first-order valence-corrected chi connectivity index (χ1v) is 7.26. The van der Waals surface area contributed by atoms with Gasteiger partial charge in [-0.05, 0) is 40.8 Å². The van der Waals surface area contributed by atoms with Crippen molar-refractivity contribution in [3.05, 3.63) is 11.8 Å². The van der Waals surface area contributed by atoms with Crippen molar-refractivity contribution in [3.8, 4) is 0 Å². The lowest BCUT2D eigenvalue weighted by Crippen LogP contribution is -2.47. The van der Waals surface area contributed by atoms with E-state index in [9.17, 15) is 9.90 Å². The highest BCUT2D eigenvalue weighted by Gasteiger charge is 2.34. The summed E-state index contributed by atoms with van der Waals surface area (Å²) < 4.78 is 5.41. The van der Waals surface area contributed by atoms with Gasteiger partial charge in [0, 0.05) is 19.0 Å². The number of aliphatic hydroxyl groups is 1. The molecule has 0 radical (unpaired) electrons. The Bertz CT molecular complexity index is 493. The summed E-state index contributed by atoms with van der Waals surface area (Å²) in [6.45, 7) is 5.26. The largest absolute Gasteiger partial charge is 0.415 e. The number of amides is 1. The molecule has 0 saturated carbocycles. The second-order valence-corrected chi connectivity index (χ2v) is 6.48. The number of rotatable bonds is 4. The van der Waals surface area contributed by atoms with Crippen LogP contribution >= 0.6 is 0 Å². The SMILES string of the molecule is CN(C)Cc1nnc(C(=O)N2CCC[C@H](C(C)(C)O)C2)o1. The molecule has 1 saturated heterocycles. The van der Waals surface area contributed by atoms with Crippen molar-refractivity contribution in [2.24, 2.45) is 5.92 Å². The van der Waals surface area contributed by atoms with E-state index < -0.39 is 5.60 Å². The summed E-state index contributed by atoms with van der Waals surface area (Å²) in [5.74, 6) is 0.281. The van der Waals surface area contributed by atoms with Gasteiger partial charge >= 0.3 is 11.8 Å². The van der Waals surface area contributed by atoms with Crippen molar-refractivity contribution in [1.29, 1.82) is 0 Å². The van der Waals surface area contributed by atoms with E-state index >= 15 is 0 Å². The molecule has 1 amide bonds. The van der Waals surface area contributed by atoms with E-state index in [0.29, 0.717) is 25.5 Å². The number of aromatic nitrogens is 2. The average Bonchev–Trinajstić information content (AvgIpc) is 2.84. The highest BCUT2D eigenvalue weighted by atomic mass is 16.4. The van der Waals surface area contributed by atoms with Gasteiger partial charge in [-0.15, -0.1) is 10.2 Å². The molecule has 1 fully saturated rings. The van der Waals surface area contributed by atoms with E-state index in [1.165, 1.54) is 0 Å². The molecule has 1 aromatic rings. The number of carbonyl (C=O) groups excluding carboxylic acids is 1. The molecule has 0 spiro atoms. The summed E-state index contributed by atoms with van der Waals surface area (Å²) in [6.07, 6.45) is 1.79. The highest BCUT2D eigenvalue weighted by molar-refractivity contribution is 5.89. The molecule has 1 aliphatic heterocycles. The highest BCUT2D eigenvalue weighted by Crippen LogP contribution is 2.27. The summed E-state index contributed by atoms with van der Waals surface area (Å²) in [5.41, 5.74) is -0.788. The Morgan fingerprint density at radius 3 is 2.81 bits per heavy atom. The summed E-state index contributed by atoms with van der Waals surface area (Å²) in [5, 5.41) is 17.8. The number of hydrogen-bond donors (Lipinski definition) is 1. The molecule has 7 heteroatoms. The Morgan fingerprint density at radius 2 is 2.19 bits per heavy atom. The first-order chi connectivity index (χ1) is 9.77. The number of carbonyl (C=O) groups is 1. The monoisotopic (exact) mass is 296 g/mol. The fourth-order valence-electron chi connectivity index (χ4n) is 2.55. The Morgan fingerprint density at radius 1 is 1.48 bits per heavy atom. The first kappa shape index (κ1) is 15.9. The number of piperidine rings is 1. The van der Waals surface area contributed by atoms with Gasteiger partial charge in [0.1, 0.15) is 0 Å². The van der Waals surface area contributed by atoms with Crippen molar-refractivity contribution in [1.82, 2.24) is 20.0 Å². The van der Waals surface area contributed by atoms with Crippen LogP contribution < -0.4 is 0 Å². The number of likely N-dealkylation sites (tertiary alicyclic amines) is 1. The van der Waals surface area contributed by atoms with E-state index in [2.05, 4.69) is 10.2 Å². The van der Waals surface area contributed by atoms with Gasteiger partial charge in [0.15, 0.2) is 0 Å². The van der Waals surface area contributed by atoms with E-state index in [1.54, 1.807) is 18.7 Å². The van der Waals surface area contributed by atoms with E-state index in [1.807, 2.05) is 19.0 Å². The Balaban J connectivity index is 2.04. The van der Waals surface area contributed by atoms with Crippen molar-refractivity contribution in [2.75, 3.05) is 27.2 Å². The van der Waals surface area contributed by atoms with Crippen LogP contribution in [0.3, 0.4) is 0 Å². The van der Waals surface area contributed by atoms with Crippen LogP contribution in [0.15, 0.2) is 4.42 Å². The molecule has 118 valence electrons. The lowest BCUT2D eigenvalue weighted by Gasteiger charge is -2.38. The summed E-state index contributed by atoms with van der Waals surface area (Å²) in [6, 6.07) is 0. The van der Waals surface area contributed by atoms with Gasteiger partial charge in [-0.1, -0.05) is 0 Å². The van der Waals surface area contributed by atoms with Gasteiger partial charge in [0.05, 0.1) is 12.1 Å². The molecule has 0 bridgehead atoms. The minimum absolute atomic E-state index is 0.0308. The second-order valence-electron chi connectivity index (χ2n) is 6.48. The molecular formula is C14H24N4O3. The van der Waals surface area contributed by atoms with Crippen LogP contribution in [0.4, 0.5) is 0 Å². The molecule has 21 heavy (non-hydrogen) atoms.